The van der Waals surface area contributed by atoms with Gasteiger partial charge in [0.1, 0.15) is 5.75 Å². The highest BCUT2D eigenvalue weighted by Crippen LogP contribution is 2.28. The topological polar surface area (TPSA) is 92.5 Å². The van der Waals surface area contributed by atoms with E-state index >= 15 is 0 Å². The Morgan fingerprint density at radius 1 is 1.25 bits per heavy atom. The number of amides is 1. The van der Waals surface area contributed by atoms with E-state index < -0.39 is 10.8 Å². The molecule has 0 aliphatic rings. The van der Waals surface area contributed by atoms with E-state index in [0.717, 1.165) is 18.2 Å². The van der Waals surface area contributed by atoms with Crippen molar-refractivity contribution in [3.05, 3.63) is 63.2 Å². The predicted molar refractivity (Wildman–Crippen MR) is 74.2 cm³/mol. The average molecular weight is 293 g/mol. The first-order chi connectivity index (χ1) is 9.47. The number of phenolic OH excluding ortho intramolecular Hbond substituents is 1. The van der Waals surface area contributed by atoms with Gasteiger partial charge in [-0.25, -0.2) is 0 Å². The molecule has 0 saturated heterocycles. The number of benzene rings is 2. The minimum absolute atomic E-state index is 0.0378. The molecule has 0 spiro atoms. The van der Waals surface area contributed by atoms with E-state index in [4.69, 9.17) is 11.6 Å². The fourth-order valence-electron chi connectivity index (χ4n) is 1.56. The van der Waals surface area contributed by atoms with Crippen LogP contribution >= 0.6 is 11.6 Å². The van der Waals surface area contributed by atoms with Crippen LogP contribution in [0.25, 0.3) is 0 Å². The number of nitrogens with one attached hydrogen (secondary N) is 1. The van der Waals surface area contributed by atoms with Crippen LogP contribution in [0.1, 0.15) is 10.4 Å². The molecule has 0 aliphatic carbocycles. The van der Waals surface area contributed by atoms with Gasteiger partial charge in [0.15, 0.2) is 0 Å². The zero-order chi connectivity index (χ0) is 14.7. The Balaban J connectivity index is 2.27. The number of carbonyl (C=O) groups is 1. The maximum atomic E-state index is 11.9. The van der Waals surface area contributed by atoms with E-state index in [1.807, 2.05) is 0 Å². The van der Waals surface area contributed by atoms with Crippen molar-refractivity contribution in [2.24, 2.45) is 0 Å². The van der Waals surface area contributed by atoms with Crippen LogP contribution in [0.5, 0.6) is 5.75 Å². The summed E-state index contributed by atoms with van der Waals surface area (Å²) in [7, 11) is 0. The lowest BCUT2D eigenvalue weighted by molar-refractivity contribution is -0.384. The molecule has 0 unspecified atom stereocenters. The maximum Gasteiger partial charge on any atom is 0.271 e. The van der Waals surface area contributed by atoms with Crippen LogP contribution < -0.4 is 5.32 Å². The molecular weight excluding hydrogens is 284 g/mol. The van der Waals surface area contributed by atoms with Crippen molar-refractivity contribution in [2.45, 2.75) is 0 Å². The second kappa shape index (κ2) is 5.58. The van der Waals surface area contributed by atoms with Gasteiger partial charge in [0.05, 0.1) is 10.6 Å². The van der Waals surface area contributed by atoms with E-state index in [9.17, 15) is 20.0 Å². The van der Waals surface area contributed by atoms with Crippen LogP contribution in [0, 0.1) is 10.1 Å². The predicted octanol–water partition coefficient (Wildman–Crippen LogP) is 3.21. The van der Waals surface area contributed by atoms with Crippen molar-refractivity contribution in [1.29, 1.82) is 0 Å². The highest BCUT2D eigenvalue weighted by molar-refractivity contribution is 6.31. The van der Waals surface area contributed by atoms with E-state index in [0.29, 0.717) is 5.02 Å². The Morgan fingerprint density at radius 2 is 2.00 bits per heavy atom. The lowest BCUT2D eigenvalue weighted by Crippen LogP contribution is -2.12. The van der Waals surface area contributed by atoms with Crippen molar-refractivity contribution < 1.29 is 14.8 Å². The highest BCUT2D eigenvalue weighted by Gasteiger charge is 2.13. The Hall–Kier alpha value is -2.60. The van der Waals surface area contributed by atoms with Gasteiger partial charge in [-0.15, -0.1) is 0 Å². The summed E-state index contributed by atoms with van der Waals surface area (Å²) in [6.07, 6.45) is 0. The number of non-ortho nitro benzene ring substituents is 1. The molecule has 102 valence electrons. The molecule has 0 fully saturated rings. The first-order valence-electron chi connectivity index (χ1n) is 5.51. The molecule has 0 aliphatic heterocycles. The number of carbonyl (C=O) groups excluding carboxylic acids is 1. The Bertz CT molecular complexity index is 688. The number of phenols is 1. The summed E-state index contributed by atoms with van der Waals surface area (Å²) in [4.78, 5) is 22.0. The van der Waals surface area contributed by atoms with Crippen LogP contribution in [0.3, 0.4) is 0 Å². The number of rotatable bonds is 3. The molecule has 0 radical (unpaired) electrons. The summed E-state index contributed by atoms with van der Waals surface area (Å²) >= 11 is 5.77. The summed E-state index contributed by atoms with van der Waals surface area (Å²) in [5, 5.41) is 23.0. The number of hydrogen-bond acceptors (Lipinski definition) is 4. The number of anilines is 1. The third kappa shape index (κ3) is 3.04. The molecule has 0 atom stereocenters. The summed E-state index contributed by atoms with van der Waals surface area (Å²) in [5.41, 5.74) is 0.0109. The minimum atomic E-state index is -0.617. The quantitative estimate of drug-likeness (QED) is 0.516. The first-order valence-corrected chi connectivity index (χ1v) is 5.89. The molecule has 6 nitrogen and oxygen atoms in total. The molecule has 20 heavy (non-hydrogen) atoms. The number of nitro benzene ring substituents is 1. The Morgan fingerprint density at radius 3 is 2.65 bits per heavy atom. The second-order valence-corrected chi connectivity index (χ2v) is 4.36. The van der Waals surface area contributed by atoms with Gasteiger partial charge in [0.25, 0.3) is 11.6 Å². The van der Waals surface area contributed by atoms with Gasteiger partial charge < -0.3 is 10.4 Å². The summed E-state index contributed by atoms with van der Waals surface area (Å²) in [5.74, 6) is -0.783. The van der Waals surface area contributed by atoms with Crippen LogP contribution in [-0.2, 0) is 0 Å². The van der Waals surface area contributed by atoms with Crippen molar-refractivity contribution >= 4 is 28.9 Å². The monoisotopic (exact) mass is 292 g/mol. The van der Waals surface area contributed by atoms with Crippen LogP contribution in [-0.4, -0.2) is 15.9 Å². The van der Waals surface area contributed by atoms with E-state index in [1.165, 1.54) is 12.1 Å². The fraction of sp³-hybridized carbons (Fsp3) is 0. The van der Waals surface area contributed by atoms with Crippen molar-refractivity contribution in [1.82, 2.24) is 0 Å². The summed E-state index contributed by atoms with van der Waals surface area (Å²) in [6.45, 7) is 0. The standard InChI is InChI=1S/C13H9ClN2O4/c14-9-3-1-2-8(6-9)13(18)15-11-7-10(16(19)20)4-5-12(11)17/h1-7,17H,(H,15,18). The second-order valence-electron chi connectivity index (χ2n) is 3.92. The smallest absolute Gasteiger partial charge is 0.271 e. The maximum absolute atomic E-state index is 11.9. The molecule has 0 bridgehead atoms. The van der Waals surface area contributed by atoms with Gasteiger partial charge >= 0.3 is 0 Å². The zero-order valence-electron chi connectivity index (χ0n) is 10.0. The molecule has 0 heterocycles. The zero-order valence-corrected chi connectivity index (χ0v) is 10.8. The Labute approximate surface area is 118 Å². The molecule has 2 aromatic rings. The average Bonchev–Trinajstić information content (AvgIpc) is 2.41. The summed E-state index contributed by atoms with van der Waals surface area (Å²) < 4.78 is 0. The minimum Gasteiger partial charge on any atom is -0.506 e. The van der Waals surface area contributed by atoms with Crippen LogP contribution in [0.15, 0.2) is 42.5 Å². The van der Waals surface area contributed by atoms with E-state index in [2.05, 4.69) is 5.32 Å². The number of nitro groups is 1. The molecule has 7 heteroatoms. The largest absolute Gasteiger partial charge is 0.506 e. The van der Waals surface area contributed by atoms with Gasteiger partial charge in [-0.1, -0.05) is 17.7 Å². The highest BCUT2D eigenvalue weighted by atomic mass is 35.5. The van der Waals surface area contributed by atoms with Crippen molar-refractivity contribution in [3.8, 4) is 5.75 Å². The van der Waals surface area contributed by atoms with Crippen molar-refractivity contribution in [3.63, 3.8) is 0 Å². The van der Waals surface area contributed by atoms with E-state index in [-0.39, 0.29) is 22.7 Å². The van der Waals surface area contributed by atoms with Gasteiger partial charge in [-0.05, 0) is 24.3 Å². The summed E-state index contributed by atoms with van der Waals surface area (Å²) in [6, 6.07) is 9.57. The Kier molecular flexibility index (Phi) is 3.86. The number of hydrogen-bond donors (Lipinski definition) is 2. The van der Waals surface area contributed by atoms with Gasteiger partial charge in [0.2, 0.25) is 0 Å². The SMILES string of the molecule is O=C(Nc1cc([N+](=O)[O-])ccc1O)c1cccc(Cl)c1. The lowest BCUT2D eigenvalue weighted by Gasteiger charge is -2.07. The first kappa shape index (κ1) is 13.8. The molecular formula is C13H9ClN2O4. The molecule has 0 saturated carbocycles. The normalized spacial score (nSPS) is 10.1. The lowest BCUT2D eigenvalue weighted by atomic mass is 10.2. The molecule has 2 aromatic carbocycles. The van der Waals surface area contributed by atoms with Crippen molar-refractivity contribution in [2.75, 3.05) is 5.32 Å². The van der Waals surface area contributed by atoms with Gasteiger partial charge in [-0.3, -0.25) is 14.9 Å². The molecule has 2 rings (SSSR count). The van der Waals surface area contributed by atoms with E-state index in [1.54, 1.807) is 12.1 Å². The third-order valence-electron chi connectivity index (χ3n) is 2.53. The van der Waals surface area contributed by atoms with Gasteiger partial charge in [-0.2, -0.15) is 0 Å². The molecule has 2 N–H and O–H groups in total. The number of aromatic hydroxyl groups is 1. The van der Waals surface area contributed by atoms with Gasteiger partial charge in [0, 0.05) is 22.7 Å². The van der Waals surface area contributed by atoms with Crippen LogP contribution in [0.4, 0.5) is 11.4 Å². The number of halogens is 1. The molecule has 0 aromatic heterocycles. The number of nitrogens with zero attached hydrogens (tertiary/aromatic N) is 1. The van der Waals surface area contributed by atoms with Crippen LogP contribution in [0.2, 0.25) is 5.02 Å². The fourth-order valence-corrected chi connectivity index (χ4v) is 1.75. The molecule has 1 amide bonds. The third-order valence-corrected chi connectivity index (χ3v) is 2.76.